The standard InChI is InChI=1S/C29H29N3/c1-3-7-28-31-29-20(2)8-6-11-27(29)32(28)19-21-12-15-25-23(18-21)14-13-22-9-4-5-10-24(22)26(25)16-17-30/h4-6,8-12,15,18,26H,3,7,13-14,16,19H2,1-2H3. The summed E-state index contributed by atoms with van der Waals surface area (Å²) >= 11 is 0. The lowest BCUT2D eigenvalue weighted by molar-refractivity contribution is 0.720. The molecule has 0 aliphatic heterocycles. The maximum Gasteiger partial charge on any atom is 0.110 e. The van der Waals surface area contributed by atoms with Gasteiger partial charge in [0.1, 0.15) is 5.82 Å². The Balaban J connectivity index is 1.55. The lowest BCUT2D eigenvalue weighted by Gasteiger charge is -2.18. The SMILES string of the molecule is CCCc1nc2c(C)cccc2n1Cc1ccc2c(c1)CCc1ccccc1C2CC#N. The van der Waals surface area contributed by atoms with Gasteiger partial charge < -0.3 is 4.57 Å². The van der Waals surface area contributed by atoms with Crippen LogP contribution in [0.2, 0.25) is 0 Å². The molecule has 160 valence electrons. The van der Waals surface area contributed by atoms with Gasteiger partial charge in [-0.2, -0.15) is 5.26 Å². The molecule has 4 aromatic rings. The number of imidazole rings is 1. The molecule has 0 spiro atoms. The molecule has 0 fully saturated rings. The van der Waals surface area contributed by atoms with Crippen LogP contribution in [0.25, 0.3) is 11.0 Å². The Labute approximate surface area is 190 Å². The number of para-hydroxylation sites is 1. The monoisotopic (exact) mass is 419 g/mol. The zero-order valence-corrected chi connectivity index (χ0v) is 18.9. The molecule has 3 nitrogen and oxygen atoms in total. The normalized spacial score (nSPS) is 15.1. The number of aromatic nitrogens is 2. The number of aryl methyl sites for hydroxylation is 4. The first-order valence-corrected chi connectivity index (χ1v) is 11.7. The summed E-state index contributed by atoms with van der Waals surface area (Å²) in [6.45, 7) is 5.19. The molecule has 1 unspecified atom stereocenters. The Morgan fingerprint density at radius 2 is 1.81 bits per heavy atom. The Hall–Kier alpha value is -3.38. The van der Waals surface area contributed by atoms with Crippen LogP contribution in [0.1, 0.15) is 64.9 Å². The summed E-state index contributed by atoms with van der Waals surface area (Å²) in [5, 5.41) is 9.53. The molecule has 3 heteroatoms. The van der Waals surface area contributed by atoms with Crippen LogP contribution in [0.4, 0.5) is 0 Å². The van der Waals surface area contributed by atoms with Crippen LogP contribution >= 0.6 is 0 Å². The van der Waals surface area contributed by atoms with E-state index in [0.29, 0.717) is 6.42 Å². The second-order valence-electron chi connectivity index (χ2n) is 8.95. The van der Waals surface area contributed by atoms with Crippen LogP contribution in [0.15, 0.2) is 60.7 Å². The van der Waals surface area contributed by atoms with Crippen molar-refractivity contribution in [2.45, 2.75) is 58.4 Å². The van der Waals surface area contributed by atoms with E-state index >= 15 is 0 Å². The molecular formula is C29H29N3. The minimum absolute atomic E-state index is 0.162. The van der Waals surface area contributed by atoms with Gasteiger partial charge in [0.05, 0.1) is 17.1 Å². The van der Waals surface area contributed by atoms with E-state index in [1.165, 1.54) is 44.7 Å². The maximum absolute atomic E-state index is 9.53. The molecule has 0 bridgehead atoms. The van der Waals surface area contributed by atoms with Crippen molar-refractivity contribution < 1.29 is 0 Å². The summed E-state index contributed by atoms with van der Waals surface area (Å²) in [7, 11) is 0. The summed E-state index contributed by atoms with van der Waals surface area (Å²) in [5.41, 5.74) is 10.3. The van der Waals surface area contributed by atoms with Gasteiger partial charge in [0.15, 0.2) is 0 Å². The number of rotatable bonds is 5. The first-order valence-electron chi connectivity index (χ1n) is 11.7. The van der Waals surface area contributed by atoms with Crippen LogP contribution in [0, 0.1) is 18.3 Å². The fraction of sp³-hybridized carbons (Fsp3) is 0.310. The molecule has 1 heterocycles. The fourth-order valence-corrected chi connectivity index (χ4v) is 5.27. The molecule has 0 amide bonds. The highest BCUT2D eigenvalue weighted by atomic mass is 15.1. The lowest BCUT2D eigenvalue weighted by Crippen LogP contribution is -2.07. The van der Waals surface area contributed by atoms with Crippen molar-refractivity contribution in [2.24, 2.45) is 0 Å². The van der Waals surface area contributed by atoms with Gasteiger partial charge in [0.2, 0.25) is 0 Å². The van der Waals surface area contributed by atoms with Crippen molar-refractivity contribution in [3.63, 3.8) is 0 Å². The summed E-state index contributed by atoms with van der Waals surface area (Å²) < 4.78 is 2.39. The Morgan fingerprint density at radius 1 is 1.00 bits per heavy atom. The van der Waals surface area contributed by atoms with Gasteiger partial charge in [-0.25, -0.2) is 4.98 Å². The number of nitriles is 1. The molecule has 0 saturated heterocycles. The van der Waals surface area contributed by atoms with Crippen molar-refractivity contribution in [1.82, 2.24) is 9.55 Å². The summed E-state index contributed by atoms with van der Waals surface area (Å²) in [5.74, 6) is 1.33. The van der Waals surface area contributed by atoms with E-state index in [1.54, 1.807) is 0 Å². The second-order valence-corrected chi connectivity index (χ2v) is 8.95. The van der Waals surface area contributed by atoms with Gasteiger partial charge in [-0.05, 0) is 65.6 Å². The van der Waals surface area contributed by atoms with Crippen LogP contribution in [-0.2, 0) is 25.8 Å². The lowest BCUT2D eigenvalue weighted by atomic mass is 9.85. The minimum Gasteiger partial charge on any atom is -0.323 e. The molecule has 5 rings (SSSR count). The molecule has 0 N–H and O–H groups in total. The van der Waals surface area contributed by atoms with Crippen molar-refractivity contribution in [3.8, 4) is 6.07 Å². The average Bonchev–Trinajstić information content (AvgIpc) is 3.07. The number of fused-ring (bicyclic) bond motifs is 3. The van der Waals surface area contributed by atoms with E-state index in [1.807, 2.05) is 0 Å². The number of nitrogens with zero attached hydrogens (tertiary/aromatic N) is 3. The van der Waals surface area contributed by atoms with E-state index < -0.39 is 0 Å². The van der Waals surface area contributed by atoms with Crippen LogP contribution < -0.4 is 0 Å². The first kappa shape index (κ1) is 20.5. The highest BCUT2D eigenvalue weighted by molar-refractivity contribution is 5.79. The fourth-order valence-electron chi connectivity index (χ4n) is 5.27. The molecule has 1 atom stereocenters. The summed E-state index contributed by atoms with van der Waals surface area (Å²) in [6.07, 6.45) is 4.64. The van der Waals surface area contributed by atoms with Crippen molar-refractivity contribution in [1.29, 1.82) is 5.26 Å². The number of hydrogen-bond donors (Lipinski definition) is 0. The van der Waals surface area contributed by atoms with Gasteiger partial charge in [-0.1, -0.05) is 61.5 Å². The van der Waals surface area contributed by atoms with Crippen molar-refractivity contribution in [2.75, 3.05) is 0 Å². The molecule has 1 aliphatic rings. The first-order chi connectivity index (χ1) is 15.7. The van der Waals surface area contributed by atoms with Gasteiger partial charge >= 0.3 is 0 Å². The van der Waals surface area contributed by atoms with Gasteiger partial charge in [0.25, 0.3) is 0 Å². The average molecular weight is 420 g/mol. The smallest absolute Gasteiger partial charge is 0.110 e. The minimum atomic E-state index is 0.162. The predicted molar refractivity (Wildman–Crippen MR) is 130 cm³/mol. The molecule has 1 aliphatic carbocycles. The third kappa shape index (κ3) is 3.60. The molecule has 0 saturated carbocycles. The summed E-state index contributed by atoms with van der Waals surface area (Å²) in [4.78, 5) is 4.99. The second kappa shape index (κ2) is 8.63. The van der Waals surface area contributed by atoms with Gasteiger partial charge in [-0.15, -0.1) is 0 Å². The van der Waals surface area contributed by atoms with Crippen LogP contribution in [-0.4, -0.2) is 9.55 Å². The topological polar surface area (TPSA) is 41.6 Å². The maximum atomic E-state index is 9.53. The van der Waals surface area contributed by atoms with E-state index in [9.17, 15) is 5.26 Å². The number of benzene rings is 3. The highest BCUT2D eigenvalue weighted by Crippen LogP contribution is 2.37. The van der Waals surface area contributed by atoms with Crippen molar-refractivity contribution in [3.05, 3.63) is 99.9 Å². The number of hydrogen-bond acceptors (Lipinski definition) is 2. The van der Waals surface area contributed by atoms with Gasteiger partial charge in [-0.3, -0.25) is 0 Å². The molecular weight excluding hydrogens is 390 g/mol. The van der Waals surface area contributed by atoms with E-state index in [2.05, 4.69) is 85.1 Å². The molecule has 32 heavy (non-hydrogen) atoms. The zero-order chi connectivity index (χ0) is 22.1. The summed E-state index contributed by atoms with van der Waals surface area (Å²) in [6, 6.07) is 24.5. The Bertz CT molecular complexity index is 1320. The molecule has 1 aromatic heterocycles. The predicted octanol–water partition coefficient (Wildman–Crippen LogP) is 6.49. The third-order valence-electron chi connectivity index (χ3n) is 6.85. The van der Waals surface area contributed by atoms with Crippen LogP contribution in [0.3, 0.4) is 0 Å². The third-order valence-corrected chi connectivity index (χ3v) is 6.85. The van der Waals surface area contributed by atoms with E-state index in [-0.39, 0.29) is 5.92 Å². The molecule has 3 aromatic carbocycles. The largest absolute Gasteiger partial charge is 0.323 e. The van der Waals surface area contributed by atoms with E-state index in [0.717, 1.165) is 37.7 Å². The van der Waals surface area contributed by atoms with Crippen LogP contribution in [0.5, 0.6) is 0 Å². The van der Waals surface area contributed by atoms with E-state index in [4.69, 9.17) is 4.98 Å². The molecule has 0 radical (unpaired) electrons. The Kier molecular flexibility index (Phi) is 5.53. The quantitative estimate of drug-likeness (QED) is 0.371. The zero-order valence-electron chi connectivity index (χ0n) is 18.9. The van der Waals surface area contributed by atoms with Crippen molar-refractivity contribution >= 4 is 11.0 Å². The highest BCUT2D eigenvalue weighted by Gasteiger charge is 2.23. The van der Waals surface area contributed by atoms with Gasteiger partial charge in [0, 0.05) is 25.3 Å². The Morgan fingerprint density at radius 3 is 2.66 bits per heavy atom.